The summed E-state index contributed by atoms with van der Waals surface area (Å²) in [5.41, 5.74) is 1.04. The molecule has 0 saturated carbocycles. The highest BCUT2D eigenvalue weighted by atomic mass is 32.2. The molecule has 0 bridgehead atoms. The molecule has 0 fully saturated rings. The monoisotopic (exact) mass is 292 g/mol. The van der Waals surface area contributed by atoms with Gasteiger partial charge >= 0.3 is 5.97 Å². The standard InChI is InChI=1S/C13H16N4O2S/c1-4-5-10-6-9(12(18)19)7-11(14-10)20-13-16-15-8(2)17(13)3/h6-7H,4-5H2,1-3H3,(H,18,19). The fourth-order valence-electron chi connectivity index (χ4n) is 1.69. The SMILES string of the molecule is CCCc1cc(C(=O)O)cc(Sc2nnc(C)n2C)n1. The minimum atomic E-state index is -0.944. The first kappa shape index (κ1) is 14.5. The molecule has 0 aliphatic rings. The Bertz CT molecular complexity index is 639. The van der Waals surface area contributed by atoms with Gasteiger partial charge in [0, 0.05) is 12.7 Å². The zero-order chi connectivity index (χ0) is 14.7. The van der Waals surface area contributed by atoms with Crippen molar-refractivity contribution < 1.29 is 9.90 Å². The number of hydrogen-bond donors (Lipinski definition) is 1. The number of carboxylic acids is 1. The van der Waals surface area contributed by atoms with E-state index in [1.54, 1.807) is 12.1 Å². The molecule has 106 valence electrons. The van der Waals surface area contributed by atoms with Gasteiger partial charge in [0.25, 0.3) is 0 Å². The fourth-order valence-corrected chi connectivity index (χ4v) is 2.58. The number of aryl methyl sites for hydroxylation is 2. The third-order valence-corrected chi connectivity index (χ3v) is 3.81. The molecule has 0 aliphatic heterocycles. The molecule has 0 unspecified atom stereocenters. The number of hydrogen-bond acceptors (Lipinski definition) is 5. The Kier molecular flexibility index (Phi) is 4.39. The summed E-state index contributed by atoms with van der Waals surface area (Å²) >= 11 is 1.32. The Labute approximate surface area is 121 Å². The minimum absolute atomic E-state index is 0.254. The molecule has 1 N–H and O–H groups in total. The maximum absolute atomic E-state index is 11.2. The number of aromatic nitrogens is 4. The van der Waals surface area contributed by atoms with Gasteiger partial charge in [-0.15, -0.1) is 10.2 Å². The first-order chi connectivity index (χ1) is 9.51. The summed E-state index contributed by atoms with van der Waals surface area (Å²) in [7, 11) is 1.87. The number of carbonyl (C=O) groups is 1. The highest BCUT2D eigenvalue weighted by Gasteiger charge is 2.12. The Balaban J connectivity index is 2.35. The third kappa shape index (κ3) is 3.16. The van der Waals surface area contributed by atoms with Crippen molar-refractivity contribution in [1.29, 1.82) is 0 Å². The number of rotatable bonds is 5. The molecule has 0 spiro atoms. The normalized spacial score (nSPS) is 10.8. The maximum atomic E-state index is 11.2. The van der Waals surface area contributed by atoms with E-state index in [0.717, 1.165) is 24.4 Å². The molecule has 0 amide bonds. The van der Waals surface area contributed by atoms with Gasteiger partial charge in [-0.1, -0.05) is 13.3 Å². The van der Waals surface area contributed by atoms with Crippen LogP contribution in [0, 0.1) is 6.92 Å². The van der Waals surface area contributed by atoms with Crippen molar-refractivity contribution in [3.05, 3.63) is 29.2 Å². The molecule has 7 heteroatoms. The van der Waals surface area contributed by atoms with Crippen LogP contribution in [-0.2, 0) is 13.5 Å². The van der Waals surface area contributed by atoms with Crippen LogP contribution in [0.1, 0.15) is 35.2 Å². The Morgan fingerprint density at radius 2 is 2.15 bits per heavy atom. The lowest BCUT2D eigenvalue weighted by molar-refractivity contribution is 0.0696. The van der Waals surface area contributed by atoms with Gasteiger partial charge in [0.2, 0.25) is 0 Å². The van der Waals surface area contributed by atoms with Crippen LogP contribution in [0.4, 0.5) is 0 Å². The second-order valence-electron chi connectivity index (χ2n) is 4.43. The summed E-state index contributed by atoms with van der Waals surface area (Å²) in [5, 5.41) is 18.5. The number of pyridine rings is 1. The Morgan fingerprint density at radius 1 is 1.40 bits per heavy atom. The van der Waals surface area contributed by atoms with Gasteiger partial charge in [0.1, 0.15) is 10.9 Å². The lowest BCUT2D eigenvalue weighted by atomic mass is 10.2. The second-order valence-corrected chi connectivity index (χ2v) is 5.42. The molecule has 2 rings (SSSR count). The van der Waals surface area contributed by atoms with Gasteiger partial charge in [-0.25, -0.2) is 9.78 Å². The third-order valence-electron chi connectivity index (χ3n) is 2.86. The van der Waals surface area contributed by atoms with Crippen molar-refractivity contribution in [3.8, 4) is 0 Å². The predicted octanol–water partition coefficient (Wildman–Crippen LogP) is 2.32. The maximum Gasteiger partial charge on any atom is 0.335 e. The summed E-state index contributed by atoms with van der Waals surface area (Å²) in [6.45, 7) is 3.90. The largest absolute Gasteiger partial charge is 0.478 e. The van der Waals surface area contributed by atoms with E-state index in [1.807, 2.05) is 25.5 Å². The Hall–Kier alpha value is -1.89. The molecular formula is C13H16N4O2S. The van der Waals surface area contributed by atoms with Gasteiger partial charge in [0.15, 0.2) is 5.16 Å². The molecule has 2 aromatic heterocycles. The topological polar surface area (TPSA) is 80.9 Å². The molecule has 6 nitrogen and oxygen atoms in total. The van der Waals surface area contributed by atoms with E-state index in [0.29, 0.717) is 10.2 Å². The molecule has 2 heterocycles. The van der Waals surface area contributed by atoms with Crippen LogP contribution in [0.2, 0.25) is 0 Å². The summed E-state index contributed by atoms with van der Waals surface area (Å²) in [6.07, 6.45) is 1.68. The van der Waals surface area contributed by atoms with Crippen LogP contribution in [0.25, 0.3) is 0 Å². The summed E-state index contributed by atoms with van der Waals surface area (Å²) in [4.78, 5) is 15.6. The molecule has 0 radical (unpaired) electrons. The molecule has 0 saturated heterocycles. The quantitative estimate of drug-likeness (QED) is 0.911. The summed E-state index contributed by atoms with van der Waals surface area (Å²) in [5.74, 6) is -0.142. The van der Waals surface area contributed by atoms with Crippen molar-refractivity contribution in [2.24, 2.45) is 7.05 Å². The van der Waals surface area contributed by atoms with Crippen LogP contribution in [0.3, 0.4) is 0 Å². The minimum Gasteiger partial charge on any atom is -0.478 e. The van der Waals surface area contributed by atoms with Crippen molar-refractivity contribution in [1.82, 2.24) is 19.7 Å². The van der Waals surface area contributed by atoms with Gasteiger partial charge in [0.05, 0.1) is 5.56 Å². The van der Waals surface area contributed by atoms with E-state index < -0.39 is 5.97 Å². The van der Waals surface area contributed by atoms with E-state index in [1.165, 1.54) is 11.8 Å². The van der Waals surface area contributed by atoms with Crippen molar-refractivity contribution in [2.45, 2.75) is 36.9 Å². The van der Waals surface area contributed by atoms with Gasteiger partial charge < -0.3 is 9.67 Å². The molecule has 0 aromatic carbocycles. The molecule has 2 aromatic rings. The second kappa shape index (κ2) is 6.04. The van der Waals surface area contributed by atoms with Crippen molar-refractivity contribution in [3.63, 3.8) is 0 Å². The summed E-state index contributed by atoms with van der Waals surface area (Å²) in [6, 6.07) is 3.19. The van der Waals surface area contributed by atoms with Crippen LogP contribution < -0.4 is 0 Å². The van der Waals surface area contributed by atoms with Crippen LogP contribution in [0.5, 0.6) is 0 Å². The Morgan fingerprint density at radius 3 is 2.70 bits per heavy atom. The smallest absolute Gasteiger partial charge is 0.335 e. The van der Waals surface area contributed by atoms with E-state index in [2.05, 4.69) is 15.2 Å². The summed E-state index contributed by atoms with van der Waals surface area (Å²) < 4.78 is 1.85. The van der Waals surface area contributed by atoms with E-state index in [-0.39, 0.29) is 5.56 Å². The van der Waals surface area contributed by atoms with Gasteiger partial charge in [-0.05, 0) is 37.2 Å². The number of nitrogens with zero attached hydrogens (tertiary/aromatic N) is 4. The first-order valence-corrected chi connectivity index (χ1v) is 7.11. The van der Waals surface area contributed by atoms with E-state index in [4.69, 9.17) is 5.11 Å². The van der Waals surface area contributed by atoms with E-state index >= 15 is 0 Å². The lowest BCUT2D eigenvalue weighted by Crippen LogP contribution is -2.02. The molecule has 20 heavy (non-hydrogen) atoms. The fraction of sp³-hybridized carbons (Fsp3) is 0.385. The lowest BCUT2D eigenvalue weighted by Gasteiger charge is -2.06. The van der Waals surface area contributed by atoms with Crippen molar-refractivity contribution in [2.75, 3.05) is 0 Å². The average Bonchev–Trinajstić information content (AvgIpc) is 2.71. The molecular weight excluding hydrogens is 276 g/mol. The highest BCUT2D eigenvalue weighted by molar-refractivity contribution is 7.99. The van der Waals surface area contributed by atoms with E-state index in [9.17, 15) is 4.79 Å². The number of carboxylic acid groups (broad SMARTS) is 1. The van der Waals surface area contributed by atoms with Crippen molar-refractivity contribution >= 4 is 17.7 Å². The van der Waals surface area contributed by atoms with Gasteiger partial charge in [-0.2, -0.15) is 0 Å². The first-order valence-electron chi connectivity index (χ1n) is 6.29. The van der Waals surface area contributed by atoms with Gasteiger partial charge in [-0.3, -0.25) is 0 Å². The van der Waals surface area contributed by atoms with Crippen LogP contribution in [0.15, 0.2) is 22.3 Å². The molecule has 0 atom stereocenters. The molecule has 0 aliphatic carbocycles. The zero-order valence-corrected chi connectivity index (χ0v) is 12.4. The number of aromatic carboxylic acids is 1. The predicted molar refractivity (Wildman–Crippen MR) is 75.1 cm³/mol. The zero-order valence-electron chi connectivity index (χ0n) is 11.6. The van der Waals surface area contributed by atoms with Crippen LogP contribution in [-0.4, -0.2) is 30.8 Å². The van der Waals surface area contributed by atoms with Crippen LogP contribution >= 0.6 is 11.8 Å². The highest BCUT2D eigenvalue weighted by Crippen LogP contribution is 2.26. The average molecular weight is 292 g/mol.